The van der Waals surface area contributed by atoms with E-state index in [0.29, 0.717) is 31.9 Å². The van der Waals surface area contributed by atoms with Gasteiger partial charge in [0, 0.05) is 39.5 Å². The van der Waals surface area contributed by atoms with E-state index in [-0.39, 0.29) is 18.2 Å². The van der Waals surface area contributed by atoms with Crippen LogP contribution in [-0.4, -0.2) is 60.6 Å². The maximum absolute atomic E-state index is 11.7. The van der Waals surface area contributed by atoms with E-state index in [4.69, 9.17) is 4.74 Å². The fraction of sp³-hybridized carbons (Fsp3) is 0.500. The van der Waals surface area contributed by atoms with Crippen LogP contribution in [-0.2, 0) is 9.53 Å². The summed E-state index contributed by atoms with van der Waals surface area (Å²) < 4.78 is 4.82. The van der Waals surface area contributed by atoms with Crippen LogP contribution in [0.5, 0.6) is 0 Å². The summed E-state index contributed by atoms with van der Waals surface area (Å²) in [6.07, 6.45) is 2.78. The number of nitro groups is 1. The van der Waals surface area contributed by atoms with Crippen LogP contribution >= 0.6 is 0 Å². The molecule has 8 nitrogen and oxygen atoms in total. The molecule has 0 aliphatic carbocycles. The summed E-state index contributed by atoms with van der Waals surface area (Å²) in [4.78, 5) is 29.6. The molecule has 0 N–H and O–H groups in total. The number of piperazine rings is 1. The molecule has 2 heterocycles. The molecule has 1 aromatic rings. The molecule has 0 atom stereocenters. The molecule has 8 heteroatoms. The molecule has 1 saturated heterocycles. The third kappa shape index (κ3) is 3.02. The predicted octanol–water partition coefficient (Wildman–Crippen LogP) is 0.285. The second-order valence-corrected chi connectivity index (χ2v) is 4.42. The lowest BCUT2D eigenvalue weighted by Gasteiger charge is -2.35. The van der Waals surface area contributed by atoms with E-state index in [9.17, 15) is 14.9 Å². The Hall–Kier alpha value is -2.22. The van der Waals surface area contributed by atoms with E-state index in [0.717, 1.165) is 0 Å². The molecule has 0 radical (unpaired) electrons. The van der Waals surface area contributed by atoms with Gasteiger partial charge in [0.15, 0.2) is 0 Å². The van der Waals surface area contributed by atoms with Crippen LogP contribution in [0.3, 0.4) is 0 Å². The summed E-state index contributed by atoms with van der Waals surface area (Å²) >= 11 is 0. The number of hydrogen-bond acceptors (Lipinski definition) is 6. The number of carbonyl (C=O) groups excluding carboxylic acids is 1. The molecular formula is C12H16N4O4. The first-order valence-electron chi connectivity index (χ1n) is 6.23. The van der Waals surface area contributed by atoms with E-state index in [1.807, 2.05) is 4.90 Å². The number of rotatable bonds is 4. The number of nitrogens with zero attached hydrogens (tertiary/aromatic N) is 4. The molecule has 1 fully saturated rings. The van der Waals surface area contributed by atoms with Crippen molar-refractivity contribution < 1.29 is 14.5 Å². The van der Waals surface area contributed by atoms with Crippen LogP contribution in [0.1, 0.15) is 0 Å². The number of anilines is 1. The lowest BCUT2D eigenvalue weighted by Crippen LogP contribution is -2.49. The summed E-state index contributed by atoms with van der Waals surface area (Å²) in [6.45, 7) is 2.24. The molecule has 1 aliphatic rings. The zero-order valence-corrected chi connectivity index (χ0v) is 11.2. The Kier molecular flexibility index (Phi) is 4.46. The second kappa shape index (κ2) is 6.29. The number of amides is 1. The van der Waals surface area contributed by atoms with Crippen molar-refractivity contribution in [1.82, 2.24) is 9.88 Å². The van der Waals surface area contributed by atoms with E-state index in [1.54, 1.807) is 11.0 Å². The Labute approximate surface area is 116 Å². The van der Waals surface area contributed by atoms with E-state index < -0.39 is 4.92 Å². The fourth-order valence-electron chi connectivity index (χ4n) is 2.20. The smallest absolute Gasteiger partial charge is 0.310 e. The quantitative estimate of drug-likeness (QED) is 0.581. The van der Waals surface area contributed by atoms with Gasteiger partial charge in [0.05, 0.1) is 4.92 Å². The molecule has 1 aromatic heterocycles. The Morgan fingerprint density at radius 2 is 2.15 bits per heavy atom. The first-order valence-corrected chi connectivity index (χ1v) is 6.23. The van der Waals surface area contributed by atoms with Gasteiger partial charge in [-0.25, -0.2) is 0 Å². The van der Waals surface area contributed by atoms with Gasteiger partial charge in [-0.05, 0) is 6.07 Å². The fourth-order valence-corrected chi connectivity index (χ4v) is 2.20. The minimum absolute atomic E-state index is 0.0100. The van der Waals surface area contributed by atoms with Gasteiger partial charge in [0.1, 0.15) is 18.5 Å². The van der Waals surface area contributed by atoms with Crippen molar-refractivity contribution in [2.75, 3.05) is 44.8 Å². The molecule has 2 rings (SSSR count). The average Bonchev–Trinajstić information content (AvgIpc) is 2.47. The summed E-state index contributed by atoms with van der Waals surface area (Å²) in [5, 5.41) is 11.0. The monoisotopic (exact) mass is 280 g/mol. The summed E-state index contributed by atoms with van der Waals surface area (Å²) in [6, 6.07) is 1.63. The Morgan fingerprint density at radius 1 is 1.45 bits per heavy atom. The highest BCUT2D eigenvalue weighted by Crippen LogP contribution is 2.27. The summed E-state index contributed by atoms with van der Waals surface area (Å²) in [7, 11) is 1.48. The van der Waals surface area contributed by atoms with Crippen LogP contribution < -0.4 is 4.90 Å². The average molecular weight is 280 g/mol. The maximum Gasteiger partial charge on any atom is 0.310 e. The van der Waals surface area contributed by atoms with Gasteiger partial charge >= 0.3 is 5.69 Å². The van der Waals surface area contributed by atoms with Crippen molar-refractivity contribution in [3.05, 3.63) is 28.6 Å². The van der Waals surface area contributed by atoms with Gasteiger partial charge in [-0.15, -0.1) is 0 Å². The Bertz CT molecular complexity index is 500. The number of hydrogen-bond donors (Lipinski definition) is 0. The second-order valence-electron chi connectivity index (χ2n) is 4.42. The maximum atomic E-state index is 11.7. The molecule has 0 bridgehead atoms. The molecule has 1 aliphatic heterocycles. The highest BCUT2D eigenvalue weighted by molar-refractivity contribution is 5.77. The molecule has 1 amide bonds. The highest BCUT2D eigenvalue weighted by Gasteiger charge is 2.25. The molecule has 0 unspecified atom stereocenters. The van der Waals surface area contributed by atoms with Crippen molar-refractivity contribution in [2.24, 2.45) is 0 Å². The zero-order valence-electron chi connectivity index (χ0n) is 11.2. The topological polar surface area (TPSA) is 88.8 Å². The van der Waals surface area contributed by atoms with Crippen LogP contribution in [0.4, 0.5) is 11.4 Å². The van der Waals surface area contributed by atoms with E-state index in [2.05, 4.69) is 4.98 Å². The van der Waals surface area contributed by atoms with E-state index >= 15 is 0 Å². The van der Waals surface area contributed by atoms with Gasteiger partial charge in [0.2, 0.25) is 5.91 Å². The van der Waals surface area contributed by atoms with Crippen molar-refractivity contribution in [1.29, 1.82) is 0 Å². The predicted molar refractivity (Wildman–Crippen MR) is 71.6 cm³/mol. The van der Waals surface area contributed by atoms with Gasteiger partial charge < -0.3 is 14.5 Å². The minimum Gasteiger partial charge on any atom is -0.375 e. The SMILES string of the molecule is COCC(=O)N1CCN(c2ccncc2[N+](=O)[O-])CC1. The van der Waals surface area contributed by atoms with Crippen molar-refractivity contribution in [3.63, 3.8) is 0 Å². The number of ether oxygens (including phenoxy) is 1. The van der Waals surface area contributed by atoms with Crippen molar-refractivity contribution in [3.8, 4) is 0 Å². The largest absolute Gasteiger partial charge is 0.375 e. The Morgan fingerprint density at radius 3 is 2.75 bits per heavy atom. The Balaban J connectivity index is 2.04. The van der Waals surface area contributed by atoms with Gasteiger partial charge in [-0.1, -0.05) is 0 Å². The molecular weight excluding hydrogens is 264 g/mol. The molecule has 108 valence electrons. The van der Waals surface area contributed by atoms with E-state index in [1.165, 1.54) is 19.5 Å². The third-order valence-electron chi connectivity index (χ3n) is 3.22. The first-order chi connectivity index (χ1) is 9.63. The van der Waals surface area contributed by atoms with Crippen LogP contribution in [0.15, 0.2) is 18.5 Å². The molecule has 0 aromatic carbocycles. The lowest BCUT2D eigenvalue weighted by molar-refractivity contribution is -0.384. The lowest BCUT2D eigenvalue weighted by atomic mass is 10.2. The van der Waals surface area contributed by atoms with Gasteiger partial charge in [0.25, 0.3) is 0 Å². The molecule has 0 spiro atoms. The zero-order chi connectivity index (χ0) is 14.5. The van der Waals surface area contributed by atoms with Crippen LogP contribution in [0.25, 0.3) is 0 Å². The molecule has 0 saturated carbocycles. The molecule has 20 heavy (non-hydrogen) atoms. The minimum atomic E-state index is -0.440. The first kappa shape index (κ1) is 14.2. The van der Waals surface area contributed by atoms with Gasteiger partial charge in [-0.3, -0.25) is 19.9 Å². The van der Waals surface area contributed by atoms with Crippen molar-refractivity contribution >= 4 is 17.3 Å². The number of methoxy groups -OCH3 is 1. The van der Waals surface area contributed by atoms with Crippen LogP contribution in [0, 0.1) is 10.1 Å². The van der Waals surface area contributed by atoms with Crippen molar-refractivity contribution in [2.45, 2.75) is 0 Å². The third-order valence-corrected chi connectivity index (χ3v) is 3.22. The number of pyridine rings is 1. The summed E-state index contributed by atoms with van der Waals surface area (Å²) in [5.74, 6) is -0.0589. The number of aromatic nitrogens is 1. The standard InChI is InChI=1S/C12H16N4O4/c1-20-9-12(17)15-6-4-14(5-7-15)10-2-3-13-8-11(10)16(18)19/h2-3,8H,4-7,9H2,1H3. The highest BCUT2D eigenvalue weighted by atomic mass is 16.6. The summed E-state index contributed by atoms with van der Waals surface area (Å²) in [5.41, 5.74) is 0.535. The van der Waals surface area contributed by atoms with Gasteiger partial charge in [-0.2, -0.15) is 0 Å². The van der Waals surface area contributed by atoms with Crippen LogP contribution in [0.2, 0.25) is 0 Å². The normalized spacial score (nSPS) is 15.2. The number of carbonyl (C=O) groups is 1.